The van der Waals surface area contributed by atoms with Crippen LogP contribution < -0.4 is 11.4 Å². The predicted octanol–water partition coefficient (Wildman–Crippen LogP) is 6.03. The van der Waals surface area contributed by atoms with Crippen LogP contribution in [0, 0.1) is 0 Å². The molecule has 0 spiro atoms. The summed E-state index contributed by atoms with van der Waals surface area (Å²) in [4.78, 5) is 28.1. The summed E-state index contributed by atoms with van der Waals surface area (Å²) in [6.07, 6.45) is 1.91. The molecule has 7 rings (SSSR count). The van der Waals surface area contributed by atoms with E-state index >= 15 is 0 Å². The average Bonchev–Trinajstić information content (AvgIpc) is 3.33. The summed E-state index contributed by atoms with van der Waals surface area (Å²) >= 11 is 0. The van der Waals surface area contributed by atoms with Gasteiger partial charge in [0.1, 0.15) is 0 Å². The highest BCUT2D eigenvalue weighted by Gasteiger charge is 2.23. The van der Waals surface area contributed by atoms with E-state index < -0.39 is 0 Å². The van der Waals surface area contributed by atoms with E-state index in [0.717, 1.165) is 77.1 Å². The standard InChI is InChI=1S/C33H30N6O/c34-26-8-2-1-7-25(26)32-31(35-27-9-3-4-10-28(27)36-32)23-15-13-22(14-16-23)21-38-19-17-24(18-20-38)39-30-12-6-5-11-29(30)37-33(39)40/h1-16,24H,17-21,34H2,(H,37,40). The Hall–Kier alpha value is -4.75. The summed E-state index contributed by atoms with van der Waals surface area (Å²) in [6.45, 7) is 2.77. The number of hydrogen-bond acceptors (Lipinski definition) is 5. The molecular weight excluding hydrogens is 496 g/mol. The van der Waals surface area contributed by atoms with Crippen LogP contribution in [0.2, 0.25) is 0 Å². The van der Waals surface area contributed by atoms with Gasteiger partial charge in [-0.2, -0.15) is 0 Å². The molecule has 2 aromatic heterocycles. The first-order chi connectivity index (χ1) is 19.6. The number of likely N-dealkylation sites (tertiary alicyclic amines) is 1. The molecule has 4 aromatic carbocycles. The minimum atomic E-state index is -0.0105. The maximum absolute atomic E-state index is 12.6. The van der Waals surface area contributed by atoms with E-state index in [2.05, 4.69) is 34.1 Å². The van der Waals surface area contributed by atoms with Gasteiger partial charge in [0.25, 0.3) is 0 Å². The molecular formula is C33H30N6O. The fourth-order valence-electron chi connectivity index (χ4n) is 5.90. The molecule has 7 nitrogen and oxygen atoms in total. The number of nitrogens with zero attached hydrogens (tertiary/aromatic N) is 4. The maximum atomic E-state index is 12.6. The Morgan fingerprint density at radius 1 is 0.775 bits per heavy atom. The summed E-state index contributed by atoms with van der Waals surface area (Å²) in [6, 6.07) is 32.5. The van der Waals surface area contributed by atoms with E-state index in [1.807, 2.05) is 77.4 Å². The molecule has 0 unspecified atom stereocenters. The van der Waals surface area contributed by atoms with E-state index in [-0.39, 0.29) is 11.7 Å². The fraction of sp³-hybridized carbons (Fsp3) is 0.182. The van der Waals surface area contributed by atoms with Crippen molar-refractivity contribution in [3.63, 3.8) is 0 Å². The Kier molecular flexibility index (Phi) is 6.13. The van der Waals surface area contributed by atoms with Crippen LogP contribution in [0.1, 0.15) is 24.4 Å². The van der Waals surface area contributed by atoms with Crippen molar-refractivity contribution < 1.29 is 0 Å². The zero-order valence-electron chi connectivity index (χ0n) is 22.1. The Labute approximate surface area is 231 Å². The van der Waals surface area contributed by atoms with Crippen molar-refractivity contribution in [1.29, 1.82) is 0 Å². The number of hydrogen-bond donors (Lipinski definition) is 2. The summed E-state index contributed by atoms with van der Waals surface area (Å²) in [7, 11) is 0. The molecule has 0 atom stereocenters. The van der Waals surface area contributed by atoms with Gasteiger partial charge in [-0.15, -0.1) is 0 Å². The van der Waals surface area contributed by atoms with Crippen LogP contribution >= 0.6 is 0 Å². The van der Waals surface area contributed by atoms with Gasteiger partial charge in [-0.1, -0.05) is 66.7 Å². The molecule has 3 N–H and O–H groups in total. The molecule has 1 saturated heterocycles. The largest absolute Gasteiger partial charge is 0.398 e. The smallest absolute Gasteiger partial charge is 0.326 e. The molecule has 1 aliphatic heterocycles. The third kappa shape index (κ3) is 4.44. The number of para-hydroxylation sites is 5. The number of benzene rings is 4. The number of nitrogen functional groups attached to an aromatic ring is 1. The molecule has 7 heteroatoms. The van der Waals surface area contributed by atoms with Crippen molar-refractivity contribution in [2.75, 3.05) is 18.8 Å². The Bertz CT molecular complexity index is 1880. The second kappa shape index (κ2) is 10.1. The van der Waals surface area contributed by atoms with Gasteiger partial charge in [-0.25, -0.2) is 14.8 Å². The number of fused-ring (bicyclic) bond motifs is 2. The molecule has 3 heterocycles. The molecule has 1 fully saturated rings. The van der Waals surface area contributed by atoms with Gasteiger partial charge < -0.3 is 10.7 Å². The quantitative estimate of drug-likeness (QED) is 0.268. The van der Waals surface area contributed by atoms with Gasteiger partial charge in [0.15, 0.2) is 0 Å². The minimum Gasteiger partial charge on any atom is -0.398 e. The van der Waals surface area contributed by atoms with E-state index in [1.54, 1.807) is 0 Å². The lowest BCUT2D eigenvalue weighted by Crippen LogP contribution is -2.36. The monoisotopic (exact) mass is 526 g/mol. The summed E-state index contributed by atoms with van der Waals surface area (Å²) in [5.41, 5.74) is 15.4. The van der Waals surface area contributed by atoms with Crippen molar-refractivity contribution in [2.45, 2.75) is 25.4 Å². The first kappa shape index (κ1) is 24.3. The van der Waals surface area contributed by atoms with Crippen LogP contribution in [0.5, 0.6) is 0 Å². The number of nitrogens with two attached hydrogens (primary N) is 1. The second-order valence-electron chi connectivity index (χ2n) is 10.5. The van der Waals surface area contributed by atoms with Gasteiger partial charge >= 0.3 is 5.69 Å². The number of piperidine rings is 1. The molecule has 1 aliphatic rings. The maximum Gasteiger partial charge on any atom is 0.326 e. The number of anilines is 1. The lowest BCUT2D eigenvalue weighted by Gasteiger charge is -2.32. The number of nitrogens with one attached hydrogen (secondary N) is 1. The van der Waals surface area contributed by atoms with Crippen molar-refractivity contribution in [1.82, 2.24) is 24.4 Å². The van der Waals surface area contributed by atoms with Crippen LogP contribution in [-0.4, -0.2) is 37.5 Å². The van der Waals surface area contributed by atoms with Crippen molar-refractivity contribution in [3.05, 3.63) is 113 Å². The molecule has 40 heavy (non-hydrogen) atoms. The topological polar surface area (TPSA) is 92.8 Å². The summed E-state index contributed by atoms with van der Waals surface area (Å²) in [5.74, 6) is 0. The first-order valence-electron chi connectivity index (χ1n) is 13.8. The molecule has 0 radical (unpaired) electrons. The van der Waals surface area contributed by atoms with Crippen LogP contribution in [0.4, 0.5) is 5.69 Å². The molecule has 198 valence electrons. The van der Waals surface area contributed by atoms with Gasteiger partial charge in [0.05, 0.1) is 33.5 Å². The predicted molar refractivity (Wildman–Crippen MR) is 161 cm³/mol. The highest BCUT2D eigenvalue weighted by molar-refractivity contribution is 5.89. The molecule has 0 aliphatic carbocycles. The van der Waals surface area contributed by atoms with E-state index in [4.69, 9.17) is 15.7 Å². The van der Waals surface area contributed by atoms with Crippen LogP contribution in [0.3, 0.4) is 0 Å². The Morgan fingerprint density at radius 3 is 2.17 bits per heavy atom. The molecule has 0 amide bonds. The summed E-state index contributed by atoms with van der Waals surface area (Å²) < 4.78 is 1.95. The zero-order valence-corrected chi connectivity index (χ0v) is 22.1. The highest BCUT2D eigenvalue weighted by atomic mass is 16.1. The molecule has 0 bridgehead atoms. The molecule has 6 aromatic rings. The number of rotatable bonds is 5. The van der Waals surface area contributed by atoms with Crippen molar-refractivity contribution in [2.24, 2.45) is 0 Å². The number of H-pyrrole nitrogens is 1. The first-order valence-corrected chi connectivity index (χ1v) is 13.8. The van der Waals surface area contributed by atoms with Gasteiger partial charge in [-0.05, 0) is 48.7 Å². The highest BCUT2D eigenvalue weighted by Crippen LogP contribution is 2.34. The minimum absolute atomic E-state index is 0.0105. The van der Waals surface area contributed by atoms with Crippen LogP contribution in [-0.2, 0) is 6.54 Å². The summed E-state index contributed by atoms with van der Waals surface area (Å²) in [5, 5.41) is 0. The normalized spacial score (nSPS) is 14.7. The Morgan fingerprint density at radius 2 is 1.43 bits per heavy atom. The van der Waals surface area contributed by atoms with Crippen LogP contribution in [0.25, 0.3) is 44.6 Å². The Balaban J connectivity index is 1.11. The lowest BCUT2D eigenvalue weighted by atomic mass is 10.0. The van der Waals surface area contributed by atoms with E-state index in [1.165, 1.54) is 5.56 Å². The van der Waals surface area contributed by atoms with E-state index in [9.17, 15) is 4.79 Å². The van der Waals surface area contributed by atoms with E-state index in [0.29, 0.717) is 5.69 Å². The third-order valence-corrected chi connectivity index (χ3v) is 7.97. The average molecular weight is 527 g/mol. The third-order valence-electron chi connectivity index (χ3n) is 7.97. The van der Waals surface area contributed by atoms with Crippen molar-refractivity contribution in [3.8, 4) is 22.5 Å². The van der Waals surface area contributed by atoms with Gasteiger partial charge in [0.2, 0.25) is 0 Å². The SMILES string of the molecule is Nc1ccccc1-c1nc2ccccc2nc1-c1ccc(CN2CCC(n3c(=O)[nH]c4ccccc43)CC2)cc1. The van der Waals surface area contributed by atoms with Crippen LogP contribution in [0.15, 0.2) is 102 Å². The lowest BCUT2D eigenvalue weighted by molar-refractivity contribution is 0.180. The van der Waals surface area contributed by atoms with Crippen molar-refractivity contribution >= 4 is 27.8 Å². The van der Waals surface area contributed by atoms with Gasteiger partial charge in [-0.3, -0.25) is 9.47 Å². The molecule has 0 saturated carbocycles. The fourth-order valence-corrected chi connectivity index (χ4v) is 5.90. The zero-order chi connectivity index (χ0) is 27.1. The number of aromatic nitrogens is 4. The number of imidazole rings is 1. The second-order valence-corrected chi connectivity index (χ2v) is 10.5. The van der Waals surface area contributed by atoms with Gasteiger partial charge in [0, 0.05) is 42.5 Å². The number of aromatic amines is 1.